The van der Waals surface area contributed by atoms with E-state index < -0.39 is 0 Å². The fourth-order valence-electron chi connectivity index (χ4n) is 8.32. The maximum absolute atomic E-state index is 14.3. The van der Waals surface area contributed by atoms with Crippen molar-refractivity contribution in [2.75, 3.05) is 13.1 Å². The molecule has 8 aromatic rings. The van der Waals surface area contributed by atoms with E-state index >= 15 is 0 Å². The fraction of sp³-hybridized carbons (Fsp3) is 0.455. The first kappa shape index (κ1) is 37.8. The molecule has 0 aliphatic heterocycles. The number of unbranched alkanes of at least 4 members (excludes halogenated alkanes) is 10. The molecule has 0 unspecified atom stereocenters. The van der Waals surface area contributed by atoms with E-state index in [2.05, 4.69) is 48.7 Å². The molecular formula is C44H50N4O4S3. The van der Waals surface area contributed by atoms with Crippen molar-refractivity contribution in [3.05, 3.63) is 66.9 Å². The normalized spacial score (nSPS) is 12.3. The van der Waals surface area contributed by atoms with Gasteiger partial charge in [0.05, 0.1) is 36.2 Å². The molecule has 2 amide bonds. The van der Waals surface area contributed by atoms with Crippen molar-refractivity contribution >= 4 is 108 Å². The smallest absolute Gasteiger partial charge is 0.273 e. The van der Waals surface area contributed by atoms with Crippen LogP contribution in [0.5, 0.6) is 0 Å². The van der Waals surface area contributed by atoms with Crippen LogP contribution < -0.4 is 21.8 Å². The number of amides is 2. The number of nitrogens with one attached hydrogen (secondary N) is 2. The van der Waals surface area contributed by atoms with Gasteiger partial charge in [0.2, 0.25) is 11.8 Å². The summed E-state index contributed by atoms with van der Waals surface area (Å²) in [5, 5.41) is 9.55. The Kier molecular flexibility index (Phi) is 11.4. The Morgan fingerprint density at radius 1 is 0.545 bits per heavy atom. The zero-order valence-electron chi connectivity index (χ0n) is 31.9. The molecule has 7 heterocycles. The molecule has 0 atom stereocenters. The zero-order valence-corrected chi connectivity index (χ0v) is 34.4. The summed E-state index contributed by atoms with van der Waals surface area (Å²) in [7, 11) is 0. The molecule has 0 radical (unpaired) electrons. The first-order valence-electron chi connectivity index (χ1n) is 20.4. The number of carbonyl (C=O) groups excluding carboxylic acids is 2. The summed E-state index contributed by atoms with van der Waals surface area (Å²) in [6.07, 6.45) is 16.6. The molecule has 0 aliphatic rings. The summed E-state index contributed by atoms with van der Waals surface area (Å²) >= 11 is 4.83. The van der Waals surface area contributed by atoms with E-state index in [1.54, 1.807) is 22.7 Å². The lowest BCUT2D eigenvalue weighted by Crippen LogP contribution is -2.25. The zero-order chi connectivity index (χ0) is 38.1. The van der Waals surface area contributed by atoms with Crippen LogP contribution in [-0.4, -0.2) is 33.7 Å². The average molecular weight is 795 g/mol. The molecule has 8 nitrogen and oxygen atoms in total. The van der Waals surface area contributed by atoms with E-state index in [1.807, 2.05) is 20.9 Å². The molecule has 7 aromatic heterocycles. The van der Waals surface area contributed by atoms with Gasteiger partial charge in [-0.1, -0.05) is 84.1 Å². The highest BCUT2D eigenvalue weighted by molar-refractivity contribution is 7.27. The van der Waals surface area contributed by atoms with E-state index in [0.29, 0.717) is 36.0 Å². The van der Waals surface area contributed by atoms with Crippen LogP contribution in [0, 0.1) is 0 Å². The van der Waals surface area contributed by atoms with Gasteiger partial charge in [0.1, 0.15) is 4.70 Å². The molecule has 0 saturated carbocycles. The topological polar surface area (TPSA) is 101 Å². The van der Waals surface area contributed by atoms with Crippen molar-refractivity contribution in [2.24, 2.45) is 0 Å². The molecule has 0 fully saturated rings. The quantitative estimate of drug-likeness (QED) is 0.0593. The third kappa shape index (κ3) is 7.35. The van der Waals surface area contributed by atoms with E-state index in [1.165, 1.54) is 62.7 Å². The van der Waals surface area contributed by atoms with Crippen molar-refractivity contribution in [3.63, 3.8) is 0 Å². The second kappa shape index (κ2) is 16.6. The third-order valence-electron chi connectivity index (χ3n) is 11.2. The summed E-state index contributed by atoms with van der Waals surface area (Å²) in [5.74, 6) is 0.225. The van der Waals surface area contributed by atoms with Crippen LogP contribution in [0.3, 0.4) is 0 Å². The van der Waals surface area contributed by atoms with Gasteiger partial charge in [-0.25, -0.2) is 0 Å². The summed E-state index contributed by atoms with van der Waals surface area (Å²) in [4.78, 5) is 55.6. The summed E-state index contributed by atoms with van der Waals surface area (Å²) < 4.78 is 7.39. The average Bonchev–Trinajstić information content (AvgIpc) is 3.99. The molecule has 8 rings (SSSR count). The number of fused-ring (bicyclic) bond motifs is 8. The molecule has 0 bridgehead atoms. The Hall–Kier alpha value is -4.06. The highest BCUT2D eigenvalue weighted by Gasteiger charge is 2.25. The Bertz CT molecular complexity index is 2750. The first-order valence-corrected chi connectivity index (χ1v) is 22.8. The summed E-state index contributed by atoms with van der Waals surface area (Å²) in [5.41, 5.74) is 3.38. The van der Waals surface area contributed by atoms with Crippen LogP contribution in [0.4, 0.5) is 0 Å². The molecule has 11 heteroatoms. The number of hydrogen-bond donors (Lipinski definition) is 2. The van der Waals surface area contributed by atoms with Gasteiger partial charge in [-0.3, -0.25) is 28.0 Å². The van der Waals surface area contributed by atoms with Crippen molar-refractivity contribution in [3.8, 4) is 0 Å². The van der Waals surface area contributed by atoms with Crippen LogP contribution in [0.2, 0.25) is 0 Å². The molecule has 2 N–H and O–H groups in total. The van der Waals surface area contributed by atoms with Gasteiger partial charge in [0, 0.05) is 57.2 Å². The number of hydrogen-bond acceptors (Lipinski definition) is 7. The Morgan fingerprint density at radius 3 is 1.62 bits per heavy atom. The van der Waals surface area contributed by atoms with Gasteiger partial charge in [-0.05, 0) is 56.0 Å². The third-order valence-corrected chi connectivity index (χ3v) is 14.6. The van der Waals surface area contributed by atoms with Crippen LogP contribution in [0.25, 0.3) is 62.4 Å². The van der Waals surface area contributed by atoms with Gasteiger partial charge in [-0.15, -0.1) is 34.0 Å². The minimum atomic E-state index is -0.0666. The first-order chi connectivity index (χ1) is 26.9. The highest BCUT2D eigenvalue weighted by atomic mass is 32.1. The molecule has 288 valence electrons. The number of pyridine rings is 2. The van der Waals surface area contributed by atoms with Crippen LogP contribution in [0.15, 0.2) is 46.0 Å². The van der Waals surface area contributed by atoms with Crippen LogP contribution >= 0.6 is 34.0 Å². The Morgan fingerprint density at radius 2 is 1.04 bits per heavy atom. The molecule has 1 aromatic carbocycles. The Balaban J connectivity index is 1.01. The minimum Gasteiger partial charge on any atom is -0.356 e. The number of aromatic nitrogens is 2. The van der Waals surface area contributed by atoms with Gasteiger partial charge in [0.15, 0.2) is 0 Å². The molecular weight excluding hydrogens is 745 g/mol. The number of nitrogens with zero attached hydrogens (tertiary/aromatic N) is 2. The van der Waals surface area contributed by atoms with Crippen molar-refractivity contribution in [1.29, 1.82) is 0 Å². The van der Waals surface area contributed by atoms with E-state index in [4.69, 9.17) is 0 Å². The molecule has 55 heavy (non-hydrogen) atoms. The Labute approximate surface area is 332 Å². The SMILES string of the molecule is CCCCCCCCC(=O)NCCc1cc2c(cc3c4ccc5c(=O)n6c7cc(CCNC(=O)CCCCCCCC)sc7cc6c6sc(c(=O)n23)c4c56)s1. The molecule has 0 saturated heterocycles. The van der Waals surface area contributed by atoms with Gasteiger partial charge >= 0.3 is 0 Å². The standard InChI is InChI=1S/C44H50N4O4S3/c1-3-5-7-9-11-13-15-37(49)45-21-19-27-23-32-35(53-27)25-31-29-17-18-30-40-39(29)42(44(52)47(31)32)55-41(40)34-26-36-33(48(34)43(30)51)24-28(54-36)20-22-46-38(50)16-14-12-10-8-6-4-2/h17-18,23-26H,3-16,19-22H2,1-2H3,(H,45,49)(H,46,50). The second-order valence-corrected chi connectivity index (χ2v) is 18.5. The highest BCUT2D eigenvalue weighted by Crippen LogP contribution is 2.44. The van der Waals surface area contributed by atoms with Crippen LogP contribution in [-0.2, 0) is 22.4 Å². The number of benzene rings is 1. The van der Waals surface area contributed by atoms with E-state index in [0.717, 1.165) is 101 Å². The summed E-state index contributed by atoms with van der Waals surface area (Å²) in [6, 6.07) is 12.3. The second-order valence-electron chi connectivity index (χ2n) is 15.2. The number of thiophene rings is 3. The number of carbonyl (C=O) groups is 2. The molecule has 0 spiro atoms. The monoisotopic (exact) mass is 794 g/mol. The molecule has 0 aliphatic carbocycles. The van der Waals surface area contributed by atoms with Gasteiger partial charge in [0.25, 0.3) is 11.1 Å². The maximum atomic E-state index is 14.3. The van der Waals surface area contributed by atoms with Crippen molar-refractivity contribution < 1.29 is 9.59 Å². The van der Waals surface area contributed by atoms with Gasteiger partial charge < -0.3 is 10.6 Å². The van der Waals surface area contributed by atoms with Crippen molar-refractivity contribution in [2.45, 2.75) is 117 Å². The minimum absolute atomic E-state index is 0.0532. The predicted octanol–water partition coefficient (Wildman–Crippen LogP) is 10.6. The van der Waals surface area contributed by atoms with Crippen molar-refractivity contribution in [1.82, 2.24) is 19.4 Å². The fourth-order valence-corrected chi connectivity index (χ4v) is 11.7. The lowest BCUT2D eigenvalue weighted by Gasteiger charge is -2.06. The van der Waals surface area contributed by atoms with Crippen LogP contribution in [0.1, 0.15) is 113 Å². The lowest BCUT2D eigenvalue weighted by atomic mass is 10.0. The summed E-state index contributed by atoms with van der Waals surface area (Å²) in [6.45, 7) is 5.59. The predicted molar refractivity (Wildman–Crippen MR) is 234 cm³/mol. The van der Waals surface area contributed by atoms with E-state index in [9.17, 15) is 19.2 Å². The number of rotatable bonds is 20. The van der Waals surface area contributed by atoms with E-state index in [-0.39, 0.29) is 22.9 Å². The largest absolute Gasteiger partial charge is 0.356 e. The lowest BCUT2D eigenvalue weighted by molar-refractivity contribution is -0.122. The maximum Gasteiger partial charge on any atom is 0.273 e. The van der Waals surface area contributed by atoms with Gasteiger partial charge in [-0.2, -0.15) is 0 Å².